The molecule has 82 valence electrons. The molecule has 0 aliphatic carbocycles. The number of hydrogen-bond acceptors (Lipinski definition) is 2. The van der Waals surface area contributed by atoms with E-state index in [2.05, 4.69) is 20.7 Å². The molecule has 0 aliphatic rings. The van der Waals surface area contributed by atoms with E-state index in [4.69, 9.17) is 0 Å². The molecule has 1 aromatic rings. The maximum absolute atomic E-state index is 13.4. The van der Waals surface area contributed by atoms with Crippen LogP contribution in [0.4, 0.5) is 4.39 Å². The number of esters is 1. The Morgan fingerprint density at radius 2 is 2.20 bits per heavy atom. The van der Waals surface area contributed by atoms with Gasteiger partial charge in [-0.1, -0.05) is 22.0 Å². The van der Waals surface area contributed by atoms with Crippen molar-refractivity contribution >= 4 is 21.9 Å². The molecule has 0 radical (unpaired) electrons. The van der Waals surface area contributed by atoms with E-state index in [1.807, 2.05) is 6.07 Å². The van der Waals surface area contributed by atoms with Crippen LogP contribution in [-0.4, -0.2) is 13.1 Å². The number of ether oxygens (including phenoxy) is 1. The Labute approximate surface area is 96.6 Å². The van der Waals surface area contributed by atoms with E-state index in [9.17, 15) is 9.18 Å². The summed E-state index contributed by atoms with van der Waals surface area (Å²) in [6, 6.07) is 3.18. The predicted molar refractivity (Wildman–Crippen MR) is 59.5 cm³/mol. The van der Waals surface area contributed by atoms with Gasteiger partial charge < -0.3 is 4.74 Å². The van der Waals surface area contributed by atoms with Crippen LogP contribution in [0.2, 0.25) is 0 Å². The van der Waals surface area contributed by atoms with Gasteiger partial charge in [-0.2, -0.15) is 0 Å². The van der Waals surface area contributed by atoms with E-state index in [0.717, 1.165) is 5.56 Å². The molecule has 0 amide bonds. The van der Waals surface area contributed by atoms with Gasteiger partial charge in [0.2, 0.25) is 0 Å². The minimum Gasteiger partial charge on any atom is -0.469 e. The molecular formula is C11H12BrFO2. The third kappa shape index (κ3) is 3.02. The van der Waals surface area contributed by atoms with E-state index in [0.29, 0.717) is 16.5 Å². The molecule has 0 atom stereocenters. The van der Waals surface area contributed by atoms with Crippen molar-refractivity contribution in [2.24, 2.45) is 0 Å². The van der Waals surface area contributed by atoms with Crippen molar-refractivity contribution in [1.29, 1.82) is 0 Å². The standard InChI is InChI=1S/C11H12BrFO2/c1-7-9(6-12)3-8(4-10(7)13)5-11(14)15-2/h3-4H,5-6H2,1-2H3. The smallest absolute Gasteiger partial charge is 0.309 e. The topological polar surface area (TPSA) is 26.3 Å². The molecule has 1 aromatic carbocycles. The average Bonchev–Trinajstić information content (AvgIpc) is 2.22. The van der Waals surface area contributed by atoms with Crippen molar-refractivity contribution in [3.8, 4) is 0 Å². The lowest BCUT2D eigenvalue weighted by molar-refractivity contribution is -0.139. The summed E-state index contributed by atoms with van der Waals surface area (Å²) < 4.78 is 17.9. The van der Waals surface area contributed by atoms with Crippen LogP contribution in [0.5, 0.6) is 0 Å². The molecule has 0 spiro atoms. The number of carbonyl (C=O) groups excluding carboxylic acids is 1. The number of methoxy groups -OCH3 is 1. The lowest BCUT2D eigenvalue weighted by Gasteiger charge is -2.07. The fourth-order valence-corrected chi connectivity index (χ4v) is 1.86. The van der Waals surface area contributed by atoms with E-state index < -0.39 is 0 Å². The highest BCUT2D eigenvalue weighted by atomic mass is 79.9. The Hall–Kier alpha value is -0.900. The molecule has 0 unspecified atom stereocenters. The van der Waals surface area contributed by atoms with Crippen LogP contribution in [0.25, 0.3) is 0 Å². The largest absolute Gasteiger partial charge is 0.469 e. The first-order chi connectivity index (χ1) is 7.08. The van der Waals surface area contributed by atoms with Crippen LogP contribution in [0, 0.1) is 12.7 Å². The summed E-state index contributed by atoms with van der Waals surface area (Å²) in [5.41, 5.74) is 2.11. The summed E-state index contributed by atoms with van der Waals surface area (Å²) in [7, 11) is 1.32. The van der Waals surface area contributed by atoms with Gasteiger partial charge in [-0.25, -0.2) is 4.39 Å². The van der Waals surface area contributed by atoms with Crippen LogP contribution >= 0.6 is 15.9 Å². The molecule has 0 bridgehead atoms. The normalized spacial score (nSPS) is 10.1. The van der Waals surface area contributed by atoms with Crippen LogP contribution in [0.3, 0.4) is 0 Å². The number of rotatable bonds is 3. The van der Waals surface area contributed by atoms with Crippen molar-refractivity contribution in [3.05, 3.63) is 34.6 Å². The number of benzene rings is 1. The van der Waals surface area contributed by atoms with Gasteiger partial charge in [0.1, 0.15) is 5.82 Å². The fourth-order valence-electron chi connectivity index (χ4n) is 1.28. The highest BCUT2D eigenvalue weighted by Crippen LogP contribution is 2.18. The highest BCUT2D eigenvalue weighted by molar-refractivity contribution is 9.08. The average molecular weight is 275 g/mol. The molecule has 0 N–H and O–H groups in total. The second kappa shape index (κ2) is 5.26. The monoisotopic (exact) mass is 274 g/mol. The third-order valence-corrected chi connectivity index (χ3v) is 2.84. The number of carbonyl (C=O) groups is 1. The maximum atomic E-state index is 13.4. The molecule has 4 heteroatoms. The van der Waals surface area contributed by atoms with E-state index in [1.54, 1.807) is 6.92 Å². The molecule has 2 nitrogen and oxygen atoms in total. The van der Waals surface area contributed by atoms with Crippen molar-refractivity contribution in [2.45, 2.75) is 18.7 Å². The van der Waals surface area contributed by atoms with E-state index >= 15 is 0 Å². The van der Waals surface area contributed by atoms with Crippen LogP contribution < -0.4 is 0 Å². The summed E-state index contributed by atoms with van der Waals surface area (Å²) in [5.74, 6) is -0.648. The molecule has 0 fully saturated rings. The summed E-state index contributed by atoms with van der Waals surface area (Å²) in [6.07, 6.45) is 0.105. The molecular weight excluding hydrogens is 263 g/mol. The number of hydrogen-bond donors (Lipinski definition) is 0. The van der Waals surface area contributed by atoms with E-state index in [-0.39, 0.29) is 18.2 Å². The van der Waals surface area contributed by atoms with Gasteiger partial charge in [-0.3, -0.25) is 4.79 Å². The van der Waals surface area contributed by atoms with Gasteiger partial charge >= 0.3 is 5.97 Å². The molecule has 0 heterocycles. The van der Waals surface area contributed by atoms with Crippen molar-refractivity contribution in [2.75, 3.05) is 7.11 Å². The Balaban J connectivity index is 3.00. The van der Waals surface area contributed by atoms with Gasteiger partial charge in [-0.05, 0) is 29.7 Å². The Morgan fingerprint density at radius 1 is 1.53 bits per heavy atom. The SMILES string of the molecule is COC(=O)Cc1cc(F)c(C)c(CBr)c1. The summed E-state index contributed by atoms with van der Waals surface area (Å²) in [6.45, 7) is 1.72. The lowest BCUT2D eigenvalue weighted by Crippen LogP contribution is -2.06. The first kappa shape index (κ1) is 12.2. The molecule has 1 rings (SSSR count). The van der Waals surface area contributed by atoms with Crippen LogP contribution in [0.1, 0.15) is 16.7 Å². The Morgan fingerprint density at radius 3 is 2.73 bits per heavy atom. The minimum atomic E-state index is -0.362. The van der Waals surface area contributed by atoms with Gasteiger partial charge in [0.05, 0.1) is 13.5 Å². The Bertz CT molecular complexity index is 377. The van der Waals surface area contributed by atoms with Gasteiger partial charge in [0.15, 0.2) is 0 Å². The summed E-state index contributed by atoms with van der Waals surface area (Å²) in [5, 5.41) is 0.574. The lowest BCUT2D eigenvalue weighted by atomic mass is 10.0. The number of halogens is 2. The molecule has 15 heavy (non-hydrogen) atoms. The zero-order chi connectivity index (χ0) is 11.4. The second-order valence-corrected chi connectivity index (χ2v) is 3.81. The minimum absolute atomic E-state index is 0.105. The fraction of sp³-hybridized carbons (Fsp3) is 0.364. The maximum Gasteiger partial charge on any atom is 0.309 e. The highest BCUT2D eigenvalue weighted by Gasteiger charge is 2.09. The summed E-state index contributed by atoms with van der Waals surface area (Å²) in [4.78, 5) is 11.0. The van der Waals surface area contributed by atoms with Gasteiger partial charge in [0, 0.05) is 5.33 Å². The van der Waals surface area contributed by atoms with Gasteiger partial charge in [0.25, 0.3) is 0 Å². The van der Waals surface area contributed by atoms with Crippen molar-refractivity contribution in [3.63, 3.8) is 0 Å². The zero-order valence-corrected chi connectivity index (χ0v) is 10.2. The molecule has 0 aromatic heterocycles. The zero-order valence-electron chi connectivity index (χ0n) is 8.64. The molecule has 0 aliphatic heterocycles. The number of alkyl halides is 1. The predicted octanol–water partition coefficient (Wildman–Crippen LogP) is 2.74. The van der Waals surface area contributed by atoms with Crippen LogP contribution in [-0.2, 0) is 21.3 Å². The quantitative estimate of drug-likeness (QED) is 0.626. The first-order valence-electron chi connectivity index (χ1n) is 4.49. The van der Waals surface area contributed by atoms with Crippen LogP contribution in [0.15, 0.2) is 12.1 Å². The Kier molecular flexibility index (Phi) is 4.27. The van der Waals surface area contributed by atoms with Crippen molar-refractivity contribution < 1.29 is 13.9 Å². The summed E-state index contributed by atoms with van der Waals surface area (Å²) >= 11 is 3.28. The first-order valence-corrected chi connectivity index (χ1v) is 5.61. The second-order valence-electron chi connectivity index (χ2n) is 3.25. The molecule has 0 saturated carbocycles. The van der Waals surface area contributed by atoms with E-state index in [1.165, 1.54) is 13.2 Å². The third-order valence-electron chi connectivity index (χ3n) is 2.23. The van der Waals surface area contributed by atoms with Crippen molar-refractivity contribution in [1.82, 2.24) is 0 Å². The molecule has 0 saturated heterocycles. The van der Waals surface area contributed by atoms with Gasteiger partial charge in [-0.15, -0.1) is 0 Å².